The van der Waals surface area contributed by atoms with Gasteiger partial charge >= 0.3 is 0 Å². The lowest BCUT2D eigenvalue weighted by molar-refractivity contribution is 0.576. The van der Waals surface area contributed by atoms with Gasteiger partial charge in [0.15, 0.2) is 0 Å². The summed E-state index contributed by atoms with van der Waals surface area (Å²) in [4.78, 5) is 2.64. The highest BCUT2D eigenvalue weighted by Crippen LogP contribution is 2.36. The molecule has 3 aliphatic rings. The number of hydrogen-bond acceptors (Lipinski definition) is 2. The zero-order valence-electron chi connectivity index (χ0n) is 11.8. The highest BCUT2D eigenvalue weighted by molar-refractivity contribution is 5.64. The van der Waals surface area contributed by atoms with Gasteiger partial charge in [-0.05, 0) is 74.2 Å². The first-order valence-corrected chi connectivity index (χ1v) is 8.00. The van der Waals surface area contributed by atoms with E-state index in [1.54, 1.807) is 22.4 Å². The Bertz CT molecular complexity index is 443. The van der Waals surface area contributed by atoms with Crippen molar-refractivity contribution in [2.75, 3.05) is 31.1 Å². The summed E-state index contributed by atoms with van der Waals surface area (Å²) >= 11 is 0. The zero-order valence-corrected chi connectivity index (χ0v) is 11.8. The van der Waals surface area contributed by atoms with E-state index in [1.165, 1.54) is 64.7 Å². The molecule has 0 saturated carbocycles. The maximum absolute atomic E-state index is 3.49. The van der Waals surface area contributed by atoms with Crippen LogP contribution in [-0.2, 0) is 19.3 Å². The Balaban J connectivity index is 1.66. The highest BCUT2D eigenvalue weighted by atomic mass is 15.1. The van der Waals surface area contributed by atoms with Crippen molar-refractivity contribution >= 4 is 5.69 Å². The number of aryl methyl sites for hydroxylation is 2. The Morgan fingerprint density at radius 1 is 1.11 bits per heavy atom. The summed E-state index contributed by atoms with van der Waals surface area (Å²) in [6.45, 7) is 5.01. The summed E-state index contributed by atoms with van der Waals surface area (Å²) in [5.41, 5.74) is 6.51. The molecule has 4 rings (SSSR count). The number of benzene rings is 1. The van der Waals surface area contributed by atoms with E-state index in [1.807, 2.05) is 0 Å². The molecule has 2 nitrogen and oxygen atoms in total. The van der Waals surface area contributed by atoms with Gasteiger partial charge in [-0.2, -0.15) is 0 Å². The molecule has 0 radical (unpaired) electrons. The van der Waals surface area contributed by atoms with Crippen LogP contribution < -0.4 is 10.2 Å². The van der Waals surface area contributed by atoms with Gasteiger partial charge in [-0.25, -0.2) is 0 Å². The van der Waals surface area contributed by atoms with Gasteiger partial charge in [0.1, 0.15) is 0 Å². The third-order valence-electron chi connectivity index (χ3n) is 5.08. The molecule has 1 aromatic rings. The second-order valence-corrected chi connectivity index (χ2v) is 6.52. The summed E-state index contributed by atoms with van der Waals surface area (Å²) in [5, 5.41) is 3.49. The lowest BCUT2D eigenvalue weighted by atomic mass is 9.87. The zero-order chi connectivity index (χ0) is 12.7. The number of rotatable bonds is 2. The van der Waals surface area contributed by atoms with Gasteiger partial charge < -0.3 is 10.2 Å². The van der Waals surface area contributed by atoms with Gasteiger partial charge in [-0.3, -0.25) is 0 Å². The van der Waals surface area contributed by atoms with Crippen molar-refractivity contribution in [3.63, 3.8) is 0 Å². The number of nitrogens with zero attached hydrogens (tertiary/aromatic N) is 1. The minimum Gasteiger partial charge on any atom is -0.371 e. The fourth-order valence-corrected chi connectivity index (χ4v) is 4.22. The molecule has 0 bridgehead atoms. The smallest absolute Gasteiger partial charge is 0.0431 e. The molecule has 0 aliphatic carbocycles. The first-order chi connectivity index (χ1) is 9.40. The lowest BCUT2D eigenvalue weighted by Crippen LogP contribution is -2.34. The minimum absolute atomic E-state index is 0.869. The molecule has 0 amide bonds. The lowest BCUT2D eigenvalue weighted by Gasteiger charge is -2.37. The van der Waals surface area contributed by atoms with E-state index in [2.05, 4.69) is 22.3 Å². The summed E-state index contributed by atoms with van der Waals surface area (Å²) in [7, 11) is 0. The standard InChI is InChI=1S/C17H24N2/c1-3-15-10-14(9-13-5-6-18-12-13)11-16-4-2-8-19(7-1)17(15)16/h10-11,13,18H,1-9,12H2. The molecule has 19 heavy (non-hydrogen) atoms. The molecule has 0 aromatic heterocycles. The van der Waals surface area contributed by atoms with Crippen molar-refractivity contribution in [2.45, 2.75) is 38.5 Å². The van der Waals surface area contributed by atoms with E-state index in [0.29, 0.717) is 0 Å². The van der Waals surface area contributed by atoms with E-state index in [4.69, 9.17) is 0 Å². The first kappa shape index (κ1) is 11.8. The second kappa shape index (κ2) is 4.82. The molecule has 3 heterocycles. The van der Waals surface area contributed by atoms with Crippen LogP contribution in [0.15, 0.2) is 12.1 Å². The summed E-state index contributed by atoms with van der Waals surface area (Å²) in [6, 6.07) is 5.04. The summed E-state index contributed by atoms with van der Waals surface area (Å²) < 4.78 is 0. The maximum Gasteiger partial charge on any atom is 0.0431 e. The molecular weight excluding hydrogens is 232 g/mol. The van der Waals surface area contributed by atoms with Gasteiger partial charge in [-0.1, -0.05) is 12.1 Å². The fraction of sp³-hybridized carbons (Fsp3) is 0.647. The molecule has 1 atom stereocenters. The van der Waals surface area contributed by atoms with E-state index in [9.17, 15) is 0 Å². The largest absolute Gasteiger partial charge is 0.371 e. The third-order valence-corrected chi connectivity index (χ3v) is 5.08. The number of nitrogens with one attached hydrogen (secondary N) is 1. The van der Waals surface area contributed by atoms with Gasteiger partial charge in [0.25, 0.3) is 0 Å². The average molecular weight is 256 g/mol. The van der Waals surface area contributed by atoms with Crippen molar-refractivity contribution in [1.82, 2.24) is 5.32 Å². The van der Waals surface area contributed by atoms with E-state index in [-0.39, 0.29) is 0 Å². The Morgan fingerprint density at radius 2 is 1.84 bits per heavy atom. The van der Waals surface area contributed by atoms with Crippen molar-refractivity contribution in [3.05, 3.63) is 28.8 Å². The quantitative estimate of drug-likeness (QED) is 0.875. The van der Waals surface area contributed by atoms with E-state index in [0.717, 1.165) is 5.92 Å². The molecule has 0 spiro atoms. The normalized spacial score (nSPS) is 25.5. The van der Waals surface area contributed by atoms with Crippen LogP contribution >= 0.6 is 0 Å². The van der Waals surface area contributed by atoms with E-state index >= 15 is 0 Å². The Kier molecular flexibility index (Phi) is 2.99. The van der Waals surface area contributed by atoms with Crippen molar-refractivity contribution < 1.29 is 0 Å². The van der Waals surface area contributed by atoms with Crippen LogP contribution in [0.5, 0.6) is 0 Å². The van der Waals surface area contributed by atoms with Crippen LogP contribution in [0.4, 0.5) is 5.69 Å². The minimum atomic E-state index is 0.869. The fourth-order valence-electron chi connectivity index (χ4n) is 4.22. The number of hydrogen-bond donors (Lipinski definition) is 1. The predicted octanol–water partition coefficient (Wildman–Crippen LogP) is 2.54. The molecule has 1 saturated heterocycles. The summed E-state index contributed by atoms with van der Waals surface area (Å²) in [5.74, 6) is 0.869. The SMILES string of the molecule is c1c(CC2CCNC2)cc2c3c1CCCN3CCC2. The van der Waals surface area contributed by atoms with Gasteiger partial charge in [0.2, 0.25) is 0 Å². The molecule has 1 fully saturated rings. The monoisotopic (exact) mass is 256 g/mol. The maximum atomic E-state index is 3.49. The van der Waals surface area contributed by atoms with Crippen molar-refractivity contribution in [3.8, 4) is 0 Å². The Hall–Kier alpha value is -1.02. The van der Waals surface area contributed by atoms with E-state index < -0.39 is 0 Å². The average Bonchev–Trinajstić information content (AvgIpc) is 2.92. The van der Waals surface area contributed by atoms with Crippen molar-refractivity contribution in [1.29, 1.82) is 0 Å². The molecule has 1 unspecified atom stereocenters. The molecule has 1 N–H and O–H groups in total. The van der Waals surface area contributed by atoms with Crippen LogP contribution in [0, 0.1) is 5.92 Å². The third kappa shape index (κ3) is 2.16. The second-order valence-electron chi connectivity index (χ2n) is 6.52. The van der Waals surface area contributed by atoms with Gasteiger partial charge in [-0.15, -0.1) is 0 Å². The van der Waals surface area contributed by atoms with Gasteiger partial charge in [0.05, 0.1) is 0 Å². The molecule has 1 aromatic carbocycles. The predicted molar refractivity (Wildman–Crippen MR) is 80.0 cm³/mol. The Labute approximate surface area is 116 Å². The molecule has 102 valence electrons. The Morgan fingerprint density at radius 3 is 2.47 bits per heavy atom. The highest BCUT2D eigenvalue weighted by Gasteiger charge is 2.25. The topological polar surface area (TPSA) is 15.3 Å². The first-order valence-electron chi connectivity index (χ1n) is 8.00. The van der Waals surface area contributed by atoms with Crippen LogP contribution in [0.2, 0.25) is 0 Å². The van der Waals surface area contributed by atoms with Crippen LogP contribution in [0.1, 0.15) is 36.0 Å². The molecule has 2 heteroatoms. The number of anilines is 1. The van der Waals surface area contributed by atoms with Crippen LogP contribution in [0.3, 0.4) is 0 Å². The van der Waals surface area contributed by atoms with Crippen LogP contribution in [0.25, 0.3) is 0 Å². The van der Waals surface area contributed by atoms with Gasteiger partial charge in [0, 0.05) is 18.8 Å². The summed E-state index contributed by atoms with van der Waals surface area (Å²) in [6.07, 6.45) is 7.94. The molecule has 3 aliphatic heterocycles. The van der Waals surface area contributed by atoms with Crippen LogP contribution in [-0.4, -0.2) is 26.2 Å². The molecular formula is C17H24N2. The van der Waals surface area contributed by atoms with Crippen molar-refractivity contribution in [2.24, 2.45) is 5.92 Å².